The van der Waals surface area contributed by atoms with Crippen LogP contribution in [0.1, 0.15) is 83.1 Å². The molecule has 0 N–H and O–H groups in total. The number of hydrogen-bond acceptors (Lipinski definition) is 5. The molecule has 0 unspecified atom stereocenters. The zero-order chi connectivity index (χ0) is 24.9. The minimum atomic E-state index is 0.154. The number of unbranched alkanes of at least 4 members (excludes halogenated alkanes) is 1. The number of carbonyl (C=O) groups is 1. The third kappa shape index (κ3) is 5.25. The Balaban J connectivity index is 1.28. The largest absolute Gasteiger partial charge is 0.339 e. The van der Waals surface area contributed by atoms with E-state index < -0.39 is 0 Å². The number of rotatable bonds is 8. The van der Waals surface area contributed by atoms with E-state index in [1.54, 1.807) is 0 Å². The van der Waals surface area contributed by atoms with Crippen LogP contribution in [-0.4, -0.2) is 56.6 Å². The Morgan fingerprint density at radius 3 is 2.44 bits per heavy atom. The van der Waals surface area contributed by atoms with Gasteiger partial charge < -0.3 is 9.80 Å². The smallest absolute Gasteiger partial charge is 0.254 e. The Morgan fingerprint density at radius 1 is 1.00 bits per heavy atom. The molecule has 7 heteroatoms. The molecule has 36 heavy (non-hydrogen) atoms. The van der Waals surface area contributed by atoms with Gasteiger partial charge in [0.2, 0.25) is 11.9 Å². The van der Waals surface area contributed by atoms with Crippen molar-refractivity contribution in [3.8, 4) is 11.3 Å². The SMILES string of the molecule is CCCC[C@H](CC)C(=O)N1CCN(c2nc3nccc(-c4ccc(C5CCCCC5)cc4)n3n2)CC1. The molecule has 7 nitrogen and oxygen atoms in total. The molecule has 3 aromatic rings. The lowest BCUT2D eigenvalue weighted by molar-refractivity contribution is -0.136. The summed E-state index contributed by atoms with van der Waals surface area (Å²) in [5.74, 6) is 2.48. The van der Waals surface area contributed by atoms with Crippen molar-refractivity contribution in [2.45, 2.75) is 77.6 Å². The molecule has 1 aliphatic heterocycles. The number of nitrogens with zero attached hydrogens (tertiary/aromatic N) is 6. The van der Waals surface area contributed by atoms with Crippen molar-refractivity contribution in [3.05, 3.63) is 42.1 Å². The predicted molar refractivity (Wildman–Crippen MR) is 144 cm³/mol. The summed E-state index contributed by atoms with van der Waals surface area (Å²) in [6.45, 7) is 7.25. The molecule has 3 heterocycles. The van der Waals surface area contributed by atoms with Crippen molar-refractivity contribution in [2.24, 2.45) is 5.92 Å². The van der Waals surface area contributed by atoms with Gasteiger partial charge >= 0.3 is 0 Å². The van der Waals surface area contributed by atoms with Gasteiger partial charge in [-0.3, -0.25) is 4.79 Å². The summed E-state index contributed by atoms with van der Waals surface area (Å²) < 4.78 is 1.86. The van der Waals surface area contributed by atoms with E-state index in [9.17, 15) is 4.79 Å². The standard InChI is InChI=1S/C29H40N6O/c1-3-5-9-22(4-2)27(36)33-18-20-34(21-19-33)29-31-28-30-17-16-26(35(28)32-29)25-14-12-24(13-15-25)23-10-7-6-8-11-23/h12-17,22-23H,3-11,18-21H2,1-2H3/t22-/m0/s1. The molecule has 1 aliphatic carbocycles. The maximum absolute atomic E-state index is 13.0. The van der Waals surface area contributed by atoms with Crippen molar-refractivity contribution in [1.82, 2.24) is 24.5 Å². The molecule has 1 atom stereocenters. The molecule has 5 rings (SSSR count). The second-order valence-electron chi connectivity index (χ2n) is 10.5. The molecule has 192 valence electrons. The first-order chi connectivity index (χ1) is 17.7. The molecule has 1 saturated carbocycles. The Bertz CT molecular complexity index is 1140. The van der Waals surface area contributed by atoms with E-state index in [4.69, 9.17) is 10.1 Å². The van der Waals surface area contributed by atoms with E-state index in [-0.39, 0.29) is 5.92 Å². The molecular weight excluding hydrogens is 448 g/mol. The van der Waals surface area contributed by atoms with Gasteiger partial charge in [0, 0.05) is 43.9 Å². The molecule has 2 fully saturated rings. The van der Waals surface area contributed by atoms with Crippen LogP contribution >= 0.6 is 0 Å². The highest BCUT2D eigenvalue weighted by atomic mass is 16.2. The minimum absolute atomic E-state index is 0.154. The zero-order valence-corrected chi connectivity index (χ0v) is 21.9. The molecule has 2 aromatic heterocycles. The first kappa shape index (κ1) is 24.7. The fourth-order valence-electron chi connectivity index (χ4n) is 5.84. The van der Waals surface area contributed by atoms with E-state index in [0.29, 0.717) is 23.6 Å². The highest BCUT2D eigenvalue weighted by molar-refractivity contribution is 5.79. The predicted octanol–water partition coefficient (Wildman–Crippen LogP) is 5.70. The van der Waals surface area contributed by atoms with Crippen LogP contribution in [0, 0.1) is 5.92 Å². The average molecular weight is 489 g/mol. The number of hydrogen-bond donors (Lipinski definition) is 0. The normalized spacial score (nSPS) is 18.1. The van der Waals surface area contributed by atoms with Gasteiger partial charge in [-0.15, -0.1) is 5.10 Å². The van der Waals surface area contributed by atoms with Crippen molar-refractivity contribution < 1.29 is 4.79 Å². The van der Waals surface area contributed by atoms with Gasteiger partial charge in [-0.1, -0.05) is 70.2 Å². The van der Waals surface area contributed by atoms with E-state index in [1.807, 2.05) is 21.7 Å². The number of aromatic nitrogens is 4. The monoisotopic (exact) mass is 488 g/mol. The van der Waals surface area contributed by atoms with E-state index in [2.05, 4.69) is 48.0 Å². The molecule has 0 bridgehead atoms. The quantitative estimate of drug-likeness (QED) is 0.407. The Hall–Kier alpha value is -2.96. The third-order valence-corrected chi connectivity index (χ3v) is 8.13. The molecule has 1 aromatic carbocycles. The Kier molecular flexibility index (Phi) is 7.83. The summed E-state index contributed by atoms with van der Waals surface area (Å²) in [5, 5.41) is 4.85. The van der Waals surface area contributed by atoms with Gasteiger partial charge in [-0.05, 0) is 43.2 Å². The second-order valence-corrected chi connectivity index (χ2v) is 10.5. The molecule has 1 amide bonds. The van der Waals surface area contributed by atoms with E-state index in [0.717, 1.165) is 63.1 Å². The third-order valence-electron chi connectivity index (χ3n) is 8.13. The van der Waals surface area contributed by atoms with Crippen LogP contribution in [-0.2, 0) is 4.79 Å². The maximum atomic E-state index is 13.0. The highest BCUT2D eigenvalue weighted by Gasteiger charge is 2.28. The van der Waals surface area contributed by atoms with Crippen molar-refractivity contribution >= 4 is 17.6 Å². The van der Waals surface area contributed by atoms with Crippen LogP contribution in [0.2, 0.25) is 0 Å². The second kappa shape index (κ2) is 11.4. The molecular formula is C29H40N6O. The lowest BCUT2D eigenvalue weighted by atomic mass is 9.84. The van der Waals surface area contributed by atoms with Crippen molar-refractivity contribution in [1.29, 1.82) is 0 Å². The summed E-state index contributed by atoms with van der Waals surface area (Å²) in [6.07, 6.45) is 12.7. The Labute approximate surface area is 214 Å². The molecule has 0 radical (unpaired) electrons. The molecule has 0 spiro atoms. The van der Waals surface area contributed by atoms with Gasteiger partial charge in [-0.2, -0.15) is 9.50 Å². The highest BCUT2D eigenvalue weighted by Crippen LogP contribution is 2.33. The Morgan fingerprint density at radius 2 is 1.75 bits per heavy atom. The van der Waals surface area contributed by atoms with Crippen LogP contribution in [0.4, 0.5) is 5.95 Å². The van der Waals surface area contributed by atoms with Gasteiger partial charge in [0.25, 0.3) is 5.78 Å². The van der Waals surface area contributed by atoms with Gasteiger partial charge in [0.15, 0.2) is 0 Å². The fourth-order valence-corrected chi connectivity index (χ4v) is 5.84. The lowest BCUT2D eigenvalue weighted by Crippen LogP contribution is -2.50. The van der Waals surface area contributed by atoms with Crippen LogP contribution in [0.5, 0.6) is 0 Å². The number of anilines is 1. The van der Waals surface area contributed by atoms with Crippen LogP contribution in [0.25, 0.3) is 17.0 Å². The number of amides is 1. The fraction of sp³-hybridized carbons (Fsp3) is 0.586. The van der Waals surface area contributed by atoms with Crippen LogP contribution < -0.4 is 4.90 Å². The van der Waals surface area contributed by atoms with Crippen LogP contribution in [0.15, 0.2) is 36.5 Å². The number of benzene rings is 1. The van der Waals surface area contributed by atoms with Crippen LogP contribution in [0.3, 0.4) is 0 Å². The summed E-state index contributed by atoms with van der Waals surface area (Å²) in [6, 6.07) is 11.0. The van der Waals surface area contributed by atoms with Gasteiger partial charge in [-0.25, -0.2) is 4.98 Å². The summed E-state index contributed by atoms with van der Waals surface area (Å²) in [5.41, 5.74) is 3.59. The van der Waals surface area contributed by atoms with Gasteiger partial charge in [0.05, 0.1) is 5.69 Å². The molecule has 2 aliphatic rings. The number of piperazine rings is 1. The topological polar surface area (TPSA) is 66.6 Å². The summed E-state index contributed by atoms with van der Waals surface area (Å²) >= 11 is 0. The number of fused-ring (bicyclic) bond motifs is 1. The maximum Gasteiger partial charge on any atom is 0.254 e. The summed E-state index contributed by atoms with van der Waals surface area (Å²) in [4.78, 5) is 26.4. The average Bonchev–Trinajstić information content (AvgIpc) is 3.39. The first-order valence-electron chi connectivity index (χ1n) is 14.0. The molecule has 1 saturated heterocycles. The van der Waals surface area contributed by atoms with Gasteiger partial charge in [0.1, 0.15) is 0 Å². The van der Waals surface area contributed by atoms with E-state index in [1.165, 1.54) is 37.7 Å². The lowest BCUT2D eigenvalue weighted by Gasteiger charge is -2.35. The first-order valence-corrected chi connectivity index (χ1v) is 14.0. The zero-order valence-electron chi connectivity index (χ0n) is 21.9. The number of carbonyl (C=O) groups excluding carboxylic acids is 1. The minimum Gasteiger partial charge on any atom is -0.339 e. The van der Waals surface area contributed by atoms with Crippen molar-refractivity contribution in [3.63, 3.8) is 0 Å². The summed E-state index contributed by atoms with van der Waals surface area (Å²) in [7, 11) is 0. The van der Waals surface area contributed by atoms with Crippen molar-refractivity contribution in [2.75, 3.05) is 31.1 Å². The van der Waals surface area contributed by atoms with E-state index >= 15 is 0 Å².